The van der Waals surface area contributed by atoms with E-state index in [2.05, 4.69) is 13.8 Å². The molecule has 2 heteroatoms. The summed E-state index contributed by atoms with van der Waals surface area (Å²) in [6.07, 6.45) is 2.57. The van der Waals surface area contributed by atoms with Crippen molar-refractivity contribution in [3.05, 3.63) is 0 Å². The molecule has 0 saturated heterocycles. The average molecular weight is 203 g/mol. The Morgan fingerprint density at radius 2 is 2.08 bits per heavy atom. The molecule has 3 rings (SSSR count). The third-order valence-corrected chi connectivity index (χ3v) is 4.90. The van der Waals surface area contributed by atoms with Gasteiger partial charge in [0, 0.05) is 18.4 Å². The first-order chi connectivity index (χ1) is 6.07. The van der Waals surface area contributed by atoms with Crippen LogP contribution in [0.25, 0.3) is 0 Å². The quantitative estimate of drug-likeness (QED) is 0.626. The van der Waals surface area contributed by atoms with Crippen molar-refractivity contribution in [3.8, 4) is 0 Å². The van der Waals surface area contributed by atoms with Crippen molar-refractivity contribution < 1.29 is 4.74 Å². The fourth-order valence-corrected chi connectivity index (χ4v) is 3.76. The van der Waals surface area contributed by atoms with Crippen LogP contribution < -0.4 is 0 Å². The summed E-state index contributed by atoms with van der Waals surface area (Å²) in [4.78, 5) is 0. The van der Waals surface area contributed by atoms with E-state index in [1.807, 2.05) is 0 Å². The number of methoxy groups -OCH3 is 1. The van der Waals surface area contributed by atoms with E-state index in [1.54, 1.807) is 7.11 Å². The highest BCUT2D eigenvalue weighted by molar-refractivity contribution is 6.21. The molecule has 0 unspecified atom stereocenters. The molecule has 2 bridgehead atoms. The van der Waals surface area contributed by atoms with Crippen LogP contribution in [0.5, 0.6) is 0 Å². The molecule has 3 aliphatic rings. The molecule has 0 spiro atoms. The van der Waals surface area contributed by atoms with Crippen LogP contribution in [-0.2, 0) is 4.74 Å². The predicted molar refractivity (Wildman–Crippen MR) is 55.0 cm³/mol. The molecule has 4 atom stereocenters. The Balaban J connectivity index is 2.08. The van der Waals surface area contributed by atoms with Gasteiger partial charge in [0.05, 0.1) is 6.61 Å². The number of halogens is 1. The summed E-state index contributed by atoms with van der Waals surface area (Å²) >= 11 is 6.33. The summed E-state index contributed by atoms with van der Waals surface area (Å²) in [7, 11) is 1.78. The summed E-state index contributed by atoms with van der Waals surface area (Å²) in [5.41, 5.74) is 0.522. The summed E-state index contributed by atoms with van der Waals surface area (Å²) in [6, 6.07) is 0. The lowest BCUT2D eigenvalue weighted by Gasteiger charge is -2.61. The van der Waals surface area contributed by atoms with Gasteiger partial charge in [-0.15, -0.1) is 11.6 Å². The monoisotopic (exact) mass is 202 g/mol. The maximum absolute atomic E-state index is 6.33. The van der Waals surface area contributed by atoms with Crippen molar-refractivity contribution in [2.75, 3.05) is 13.7 Å². The Morgan fingerprint density at radius 1 is 1.38 bits per heavy atom. The SMILES string of the molecule is COC[C@@H]1[C@H](Cl)C[C@H]2C[C@@H]1C2(C)C. The van der Waals surface area contributed by atoms with Crippen molar-refractivity contribution in [3.63, 3.8) is 0 Å². The van der Waals surface area contributed by atoms with Crippen molar-refractivity contribution >= 4 is 11.6 Å². The Morgan fingerprint density at radius 3 is 2.62 bits per heavy atom. The molecule has 0 amide bonds. The molecule has 3 saturated carbocycles. The van der Waals surface area contributed by atoms with Gasteiger partial charge in [0.25, 0.3) is 0 Å². The maximum Gasteiger partial charge on any atom is 0.0507 e. The lowest BCUT2D eigenvalue weighted by Crippen LogP contribution is -2.57. The van der Waals surface area contributed by atoms with Gasteiger partial charge in [0.2, 0.25) is 0 Å². The van der Waals surface area contributed by atoms with Crippen LogP contribution in [0.1, 0.15) is 26.7 Å². The fourth-order valence-electron chi connectivity index (χ4n) is 3.29. The van der Waals surface area contributed by atoms with Crippen LogP contribution in [0.15, 0.2) is 0 Å². The van der Waals surface area contributed by atoms with Gasteiger partial charge in [-0.3, -0.25) is 0 Å². The molecular weight excluding hydrogens is 184 g/mol. The van der Waals surface area contributed by atoms with Crippen LogP contribution in [0, 0.1) is 23.2 Å². The summed E-state index contributed by atoms with van der Waals surface area (Å²) in [6.45, 7) is 5.61. The molecule has 0 aromatic heterocycles. The zero-order valence-electron chi connectivity index (χ0n) is 8.72. The number of ether oxygens (including phenoxy) is 1. The van der Waals surface area contributed by atoms with Crippen LogP contribution in [0.2, 0.25) is 0 Å². The largest absolute Gasteiger partial charge is 0.384 e. The van der Waals surface area contributed by atoms with E-state index in [9.17, 15) is 0 Å². The molecule has 0 aromatic carbocycles. The first-order valence-corrected chi connectivity index (χ1v) is 5.64. The van der Waals surface area contributed by atoms with Crippen LogP contribution in [-0.4, -0.2) is 19.1 Å². The summed E-state index contributed by atoms with van der Waals surface area (Å²) in [5.74, 6) is 2.26. The molecule has 0 radical (unpaired) electrons. The topological polar surface area (TPSA) is 9.23 Å². The third kappa shape index (κ3) is 1.32. The molecule has 0 heterocycles. The lowest BCUT2D eigenvalue weighted by atomic mass is 9.45. The van der Waals surface area contributed by atoms with E-state index in [-0.39, 0.29) is 0 Å². The van der Waals surface area contributed by atoms with Gasteiger partial charge in [-0.1, -0.05) is 13.8 Å². The Kier molecular flexibility index (Phi) is 2.36. The first-order valence-electron chi connectivity index (χ1n) is 5.20. The van der Waals surface area contributed by atoms with E-state index in [0.717, 1.165) is 18.4 Å². The number of fused-ring (bicyclic) bond motifs is 2. The van der Waals surface area contributed by atoms with Gasteiger partial charge in [0.15, 0.2) is 0 Å². The highest BCUT2D eigenvalue weighted by Gasteiger charge is 2.57. The molecule has 3 fully saturated rings. The highest BCUT2D eigenvalue weighted by atomic mass is 35.5. The van der Waals surface area contributed by atoms with Crippen LogP contribution in [0.4, 0.5) is 0 Å². The van der Waals surface area contributed by atoms with Crippen LogP contribution >= 0.6 is 11.6 Å². The van der Waals surface area contributed by atoms with Gasteiger partial charge in [-0.05, 0) is 30.1 Å². The van der Waals surface area contributed by atoms with Gasteiger partial charge in [-0.25, -0.2) is 0 Å². The molecular formula is C11H19ClO. The third-order valence-electron chi connectivity index (χ3n) is 4.40. The minimum absolute atomic E-state index is 0.358. The zero-order valence-corrected chi connectivity index (χ0v) is 9.47. The minimum atomic E-state index is 0.358. The molecule has 1 nitrogen and oxygen atoms in total. The maximum atomic E-state index is 6.33. The standard InChI is InChI=1S/C11H19ClO/c1-11(2)7-4-9(11)8(6-13-3)10(12)5-7/h7-10H,4-6H2,1-3H3/t7-,8+,9+,10-/m1/s1. The second kappa shape index (κ2) is 3.13. The number of hydrogen-bond donors (Lipinski definition) is 0. The van der Waals surface area contributed by atoms with Crippen molar-refractivity contribution in [1.82, 2.24) is 0 Å². The molecule has 0 N–H and O–H groups in total. The van der Waals surface area contributed by atoms with E-state index >= 15 is 0 Å². The van der Waals surface area contributed by atoms with Gasteiger partial charge in [-0.2, -0.15) is 0 Å². The van der Waals surface area contributed by atoms with Gasteiger partial charge < -0.3 is 4.74 Å². The van der Waals surface area contributed by atoms with Crippen molar-refractivity contribution in [2.24, 2.45) is 23.2 Å². The second-order valence-electron chi connectivity index (χ2n) is 5.23. The average Bonchev–Trinajstić information content (AvgIpc) is 2.08. The normalized spacial score (nSPS) is 47.1. The van der Waals surface area contributed by atoms with Crippen LogP contribution in [0.3, 0.4) is 0 Å². The number of rotatable bonds is 2. The van der Waals surface area contributed by atoms with E-state index in [0.29, 0.717) is 16.7 Å². The van der Waals surface area contributed by atoms with E-state index in [4.69, 9.17) is 16.3 Å². The fraction of sp³-hybridized carbons (Fsp3) is 1.00. The van der Waals surface area contributed by atoms with Crippen molar-refractivity contribution in [1.29, 1.82) is 0 Å². The predicted octanol–water partition coefficient (Wildman–Crippen LogP) is 2.92. The Labute approximate surface area is 85.8 Å². The highest BCUT2D eigenvalue weighted by Crippen LogP contribution is 2.62. The smallest absolute Gasteiger partial charge is 0.0507 e. The molecule has 76 valence electrons. The molecule has 0 aliphatic heterocycles. The van der Waals surface area contributed by atoms with E-state index in [1.165, 1.54) is 12.8 Å². The van der Waals surface area contributed by atoms with Gasteiger partial charge >= 0.3 is 0 Å². The Hall–Kier alpha value is 0.250. The number of alkyl halides is 1. The molecule has 13 heavy (non-hydrogen) atoms. The first kappa shape index (κ1) is 9.79. The molecule has 3 aliphatic carbocycles. The van der Waals surface area contributed by atoms with Gasteiger partial charge in [0.1, 0.15) is 0 Å². The Bertz CT molecular complexity index is 202. The summed E-state index contributed by atoms with van der Waals surface area (Å²) < 4.78 is 5.26. The number of hydrogen-bond acceptors (Lipinski definition) is 1. The molecule has 0 aromatic rings. The zero-order chi connectivity index (χ0) is 9.64. The van der Waals surface area contributed by atoms with Crippen molar-refractivity contribution in [2.45, 2.75) is 32.1 Å². The summed E-state index contributed by atoms with van der Waals surface area (Å²) in [5, 5.41) is 0.358. The minimum Gasteiger partial charge on any atom is -0.384 e. The second-order valence-corrected chi connectivity index (χ2v) is 5.79. The van der Waals surface area contributed by atoms with E-state index < -0.39 is 0 Å². The lowest BCUT2D eigenvalue weighted by molar-refractivity contribution is -0.117.